The third kappa shape index (κ3) is 8.57. The molecule has 1 aliphatic carbocycles. The van der Waals surface area contributed by atoms with Crippen LogP contribution in [0, 0.1) is 0 Å². The van der Waals surface area contributed by atoms with E-state index in [0.717, 1.165) is 32.4 Å². The molecule has 1 aliphatic rings. The summed E-state index contributed by atoms with van der Waals surface area (Å²) < 4.78 is 31.6. The van der Waals surface area contributed by atoms with Gasteiger partial charge < -0.3 is 10.1 Å². The molecule has 1 fully saturated rings. The highest BCUT2D eigenvalue weighted by atomic mass is 32.2. The topological polar surface area (TPSA) is 67.4 Å². The minimum atomic E-state index is -3.12. The van der Waals surface area contributed by atoms with E-state index in [9.17, 15) is 8.42 Å². The van der Waals surface area contributed by atoms with Crippen LogP contribution < -0.4 is 10.0 Å². The molecule has 2 N–H and O–H groups in total. The fourth-order valence-electron chi connectivity index (χ4n) is 2.27. The van der Waals surface area contributed by atoms with Crippen molar-refractivity contribution < 1.29 is 13.2 Å². The van der Waals surface area contributed by atoms with Crippen LogP contribution in [-0.2, 0) is 14.8 Å². The standard InChI is InChI=1S/C13H28N2O3S/c1-2-14-9-5-6-12-19(16,17)15-10-11-18-13-7-3-4-8-13/h13-15H,2-12H2,1H3. The molecule has 6 heteroatoms. The van der Waals surface area contributed by atoms with Gasteiger partial charge in [-0.15, -0.1) is 0 Å². The summed E-state index contributed by atoms with van der Waals surface area (Å²) in [5.41, 5.74) is 0. The average molecular weight is 292 g/mol. The molecule has 0 aromatic carbocycles. The maximum Gasteiger partial charge on any atom is 0.211 e. The van der Waals surface area contributed by atoms with Crippen LogP contribution in [0.5, 0.6) is 0 Å². The Labute approximate surface area is 117 Å². The summed E-state index contributed by atoms with van der Waals surface area (Å²) in [6, 6.07) is 0. The van der Waals surface area contributed by atoms with E-state index in [-0.39, 0.29) is 5.75 Å². The first-order valence-corrected chi connectivity index (χ1v) is 9.09. The van der Waals surface area contributed by atoms with Gasteiger partial charge in [0.25, 0.3) is 0 Å². The Hall–Kier alpha value is -0.170. The highest BCUT2D eigenvalue weighted by molar-refractivity contribution is 7.89. The summed E-state index contributed by atoms with van der Waals surface area (Å²) in [7, 11) is -3.12. The predicted octanol–water partition coefficient (Wildman–Crippen LogP) is 1.25. The van der Waals surface area contributed by atoms with Crippen LogP contribution in [0.3, 0.4) is 0 Å². The second-order valence-corrected chi connectivity index (χ2v) is 6.98. The van der Waals surface area contributed by atoms with Crippen molar-refractivity contribution in [2.24, 2.45) is 0 Å². The summed E-state index contributed by atoms with van der Waals surface area (Å²) >= 11 is 0. The summed E-state index contributed by atoms with van der Waals surface area (Å²) in [5, 5.41) is 3.18. The zero-order valence-corrected chi connectivity index (χ0v) is 12.8. The van der Waals surface area contributed by atoms with Gasteiger partial charge in [-0.3, -0.25) is 0 Å². The third-order valence-electron chi connectivity index (χ3n) is 3.35. The fourth-order valence-corrected chi connectivity index (χ4v) is 3.39. The molecule has 0 bridgehead atoms. The molecule has 0 radical (unpaired) electrons. The van der Waals surface area contributed by atoms with Crippen molar-refractivity contribution in [2.75, 3.05) is 32.0 Å². The number of sulfonamides is 1. The van der Waals surface area contributed by atoms with E-state index in [1.807, 2.05) is 6.92 Å². The van der Waals surface area contributed by atoms with Gasteiger partial charge in [-0.25, -0.2) is 13.1 Å². The Kier molecular flexibility index (Phi) is 8.61. The molecule has 114 valence electrons. The minimum absolute atomic E-state index is 0.210. The Morgan fingerprint density at radius 2 is 1.89 bits per heavy atom. The van der Waals surface area contributed by atoms with Gasteiger partial charge in [0.15, 0.2) is 0 Å². The SMILES string of the molecule is CCNCCCCS(=O)(=O)NCCOC1CCCC1. The largest absolute Gasteiger partial charge is 0.377 e. The van der Waals surface area contributed by atoms with Crippen LogP contribution >= 0.6 is 0 Å². The molecular formula is C13H28N2O3S. The Morgan fingerprint density at radius 3 is 2.58 bits per heavy atom. The molecule has 0 heterocycles. The van der Waals surface area contributed by atoms with Crippen molar-refractivity contribution in [2.45, 2.75) is 51.6 Å². The molecular weight excluding hydrogens is 264 g/mol. The second kappa shape index (κ2) is 9.69. The van der Waals surface area contributed by atoms with E-state index in [1.165, 1.54) is 12.8 Å². The van der Waals surface area contributed by atoms with Gasteiger partial charge >= 0.3 is 0 Å². The quantitative estimate of drug-likeness (QED) is 0.563. The summed E-state index contributed by atoms with van der Waals surface area (Å²) in [4.78, 5) is 0. The van der Waals surface area contributed by atoms with Gasteiger partial charge in [0.05, 0.1) is 18.5 Å². The molecule has 0 aromatic heterocycles. The zero-order chi connectivity index (χ0) is 14.0. The lowest BCUT2D eigenvalue weighted by Gasteiger charge is -2.11. The first-order valence-electron chi connectivity index (χ1n) is 7.43. The summed E-state index contributed by atoms with van der Waals surface area (Å²) in [6.07, 6.45) is 6.67. The summed E-state index contributed by atoms with van der Waals surface area (Å²) in [6.45, 7) is 4.75. The van der Waals surface area contributed by atoms with Gasteiger partial charge in [0.2, 0.25) is 10.0 Å². The van der Waals surface area contributed by atoms with Crippen LogP contribution in [0.2, 0.25) is 0 Å². The second-order valence-electron chi connectivity index (χ2n) is 5.05. The monoisotopic (exact) mass is 292 g/mol. The van der Waals surface area contributed by atoms with Gasteiger partial charge in [-0.1, -0.05) is 19.8 Å². The van der Waals surface area contributed by atoms with E-state index >= 15 is 0 Å². The average Bonchev–Trinajstić information content (AvgIpc) is 2.87. The smallest absolute Gasteiger partial charge is 0.211 e. The predicted molar refractivity (Wildman–Crippen MR) is 77.8 cm³/mol. The van der Waals surface area contributed by atoms with Gasteiger partial charge in [-0.05, 0) is 38.8 Å². The maximum absolute atomic E-state index is 11.7. The number of ether oxygens (including phenoxy) is 1. The molecule has 1 rings (SSSR count). The number of rotatable bonds is 11. The van der Waals surface area contributed by atoms with E-state index in [4.69, 9.17) is 4.74 Å². The lowest BCUT2D eigenvalue weighted by Crippen LogP contribution is -2.30. The van der Waals surface area contributed by atoms with Crippen LogP contribution in [0.15, 0.2) is 0 Å². The molecule has 19 heavy (non-hydrogen) atoms. The molecule has 5 nitrogen and oxygen atoms in total. The first-order chi connectivity index (χ1) is 9.14. The molecule has 0 atom stereocenters. The number of unbranched alkanes of at least 4 members (excludes halogenated alkanes) is 1. The van der Waals surface area contributed by atoms with Crippen LogP contribution in [0.4, 0.5) is 0 Å². The lowest BCUT2D eigenvalue weighted by molar-refractivity contribution is 0.0626. The summed E-state index contributed by atoms with van der Waals surface area (Å²) in [5.74, 6) is 0.210. The van der Waals surface area contributed by atoms with Crippen LogP contribution in [0.1, 0.15) is 45.4 Å². The molecule has 0 amide bonds. The van der Waals surface area contributed by atoms with Crippen LogP contribution in [-0.4, -0.2) is 46.5 Å². The Morgan fingerprint density at radius 1 is 1.16 bits per heavy atom. The molecule has 0 aromatic rings. The first kappa shape index (κ1) is 16.9. The Balaban J connectivity index is 1.99. The molecule has 0 aliphatic heterocycles. The number of hydrogen-bond donors (Lipinski definition) is 2. The van der Waals surface area contributed by atoms with Crippen molar-refractivity contribution in [1.29, 1.82) is 0 Å². The van der Waals surface area contributed by atoms with Crippen molar-refractivity contribution in [3.63, 3.8) is 0 Å². The number of nitrogens with one attached hydrogen (secondary N) is 2. The Bertz CT molecular complexity index is 314. The van der Waals surface area contributed by atoms with Crippen molar-refractivity contribution >= 4 is 10.0 Å². The van der Waals surface area contributed by atoms with Gasteiger partial charge in [0.1, 0.15) is 0 Å². The number of hydrogen-bond acceptors (Lipinski definition) is 4. The molecule has 0 saturated heterocycles. The van der Waals surface area contributed by atoms with E-state index in [0.29, 0.717) is 25.7 Å². The van der Waals surface area contributed by atoms with Gasteiger partial charge in [0, 0.05) is 6.54 Å². The third-order valence-corrected chi connectivity index (χ3v) is 4.82. The lowest BCUT2D eigenvalue weighted by atomic mass is 10.3. The molecule has 1 saturated carbocycles. The minimum Gasteiger partial charge on any atom is -0.377 e. The fraction of sp³-hybridized carbons (Fsp3) is 1.00. The maximum atomic E-state index is 11.7. The van der Waals surface area contributed by atoms with Gasteiger partial charge in [-0.2, -0.15) is 0 Å². The van der Waals surface area contributed by atoms with Crippen LogP contribution in [0.25, 0.3) is 0 Å². The van der Waals surface area contributed by atoms with Crippen molar-refractivity contribution in [1.82, 2.24) is 10.0 Å². The van der Waals surface area contributed by atoms with Crippen molar-refractivity contribution in [3.8, 4) is 0 Å². The van der Waals surface area contributed by atoms with E-state index in [1.54, 1.807) is 0 Å². The molecule has 0 unspecified atom stereocenters. The molecule has 0 spiro atoms. The van der Waals surface area contributed by atoms with Crippen molar-refractivity contribution in [3.05, 3.63) is 0 Å². The zero-order valence-electron chi connectivity index (χ0n) is 12.0. The normalized spacial score (nSPS) is 17.1. The highest BCUT2D eigenvalue weighted by Gasteiger charge is 2.15. The highest BCUT2D eigenvalue weighted by Crippen LogP contribution is 2.20. The van der Waals surface area contributed by atoms with E-state index in [2.05, 4.69) is 10.0 Å². The van der Waals surface area contributed by atoms with E-state index < -0.39 is 10.0 Å².